The summed E-state index contributed by atoms with van der Waals surface area (Å²) in [5, 5.41) is 1.97. The van der Waals surface area contributed by atoms with Crippen molar-refractivity contribution in [2.24, 2.45) is 0 Å². The lowest BCUT2D eigenvalue weighted by atomic mass is 10.1. The van der Waals surface area contributed by atoms with E-state index in [1.807, 2.05) is 27.3 Å². The molecule has 0 bridgehead atoms. The fourth-order valence-corrected chi connectivity index (χ4v) is 3.67. The first-order valence-electron chi connectivity index (χ1n) is 7.41. The van der Waals surface area contributed by atoms with Gasteiger partial charge in [0.05, 0.1) is 18.9 Å². The predicted molar refractivity (Wildman–Crippen MR) is 82.4 cm³/mol. The van der Waals surface area contributed by atoms with Crippen molar-refractivity contribution < 1.29 is 14.4 Å². The lowest BCUT2D eigenvalue weighted by Gasteiger charge is -2.36. The summed E-state index contributed by atoms with van der Waals surface area (Å²) in [5.41, 5.74) is 0. The van der Waals surface area contributed by atoms with Gasteiger partial charge < -0.3 is 4.90 Å². The summed E-state index contributed by atoms with van der Waals surface area (Å²) in [6, 6.07) is 3.58. The van der Waals surface area contributed by atoms with Gasteiger partial charge in [0, 0.05) is 38.1 Å². The van der Waals surface area contributed by atoms with E-state index in [4.69, 9.17) is 0 Å². The number of hydrogen-bond acceptors (Lipinski definition) is 5. The lowest BCUT2D eigenvalue weighted by molar-refractivity contribution is -0.138. The van der Waals surface area contributed by atoms with Gasteiger partial charge in [-0.25, -0.2) is 0 Å². The molecule has 0 radical (unpaired) electrons. The molecule has 22 heavy (non-hydrogen) atoms. The molecule has 2 fully saturated rings. The van der Waals surface area contributed by atoms with Crippen LogP contribution in [0.5, 0.6) is 0 Å². The molecule has 1 unspecified atom stereocenters. The highest BCUT2D eigenvalue weighted by Crippen LogP contribution is 2.19. The number of nitrogens with zero attached hydrogens (tertiary/aromatic N) is 3. The highest BCUT2D eigenvalue weighted by atomic mass is 32.1. The molecule has 3 amide bonds. The van der Waals surface area contributed by atoms with Gasteiger partial charge in [-0.1, -0.05) is 6.07 Å². The molecule has 2 aliphatic heterocycles. The number of hydrogen-bond donors (Lipinski definition) is 0. The molecule has 0 spiro atoms. The standard InChI is InChI=1S/C15H19N3O3S/c1-16-13(19)10-12(15(16)21)17-4-6-18(7-5-17)14(20)9-11-3-2-8-22-11/h2-3,8,12H,4-7,9-10H2,1H3. The zero-order valence-corrected chi connectivity index (χ0v) is 13.3. The molecule has 3 rings (SSSR count). The molecule has 3 heterocycles. The molecule has 0 aromatic carbocycles. The van der Waals surface area contributed by atoms with Gasteiger partial charge in [0.1, 0.15) is 0 Å². The Morgan fingerprint density at radius 3 is 2.55 bits per heavy atom. The fourth-order valence-electron chi connectivity index (χ4n) is 2.98. The Labute approximate surface area is 133 Å². The molecule has 7 heteroatoms. The van der Waals surface area contributed by atoms with Gasteiger partial charge in [-0.15, -0.1) is 11.3 Å². The van der Waals surface area contributed by atoms with Crippen LogP contribution < -0.4 is 0 Å². The monoisotopic (exact) mass is 321 g/mol. The van der Waals surface area contributed by atoms with E-state index in [0.29, 0.717) is 32.6 Å². The van der Waals surface area contributed by atoms with Crippen LogP contribution in [0, 0.1) is 0 Å². The third-order valence-electron chi connectivity index (χ3n) is 4.37. The van der Waals surface area contributed by atoms with Crippen LogP contribution in [0.25, 0.3) is 0 Å². The van der Waals surface area contributed by atoms with E-state index in [9.17, 15) is 14.4 Å². The average molecular weight is 321 g/mol. The zero-order chi connectivity index (χ0) is 15.7. The van der Waals surface area contributed by atoms with E-state index in [2.05, 4.69) is 0 Å². The van der Waals surface area contributed by atoms with Crippen LogP contribution >= 0.6 is 11.3 Å². The summed E-state index contributed by atoms with van der Waals surface area (Å²) < 4.78 is 0. The molecule has 0 saturated carbocycles. The normalized spacial score (nSPS) is 23.4. The number of thiophene rings is 1. The Kier molecular flexibility index (Phi) is 4.26. The van der Waals surface area contributed by atoms with Gasteiger partial charge in [-0.2, -0.15) is 0 Å². The predicted octanol–water partition coefficient (Wildman–Crippen LogP) is 0.192. The molecular weight excluding hydrogens is 302 g/mol. The lowest BCUT2D eigenvalue weighted by Crippen LogP contribution is -2.53. The summed E-state index contributed by atoms with van der Waals surface area (Å²) >= 11 is 1.59. The van der Waals surface area contributed by atoms with Crippen molar-refractivity contribution in [1.82, 2.24) is 14.7 Å². The number of carbonyl (C=O) groups is 3. The zero-order valence-electron chi connectivity index (χ0n) is 12.5. The number of likely N-dealkylation sites (tertiary alicyclic amines) is 1. The highest BCUT2D eigenvalue weighted by molar-refractivity contribution is 7.10. The SMILES string of the molecule is CN1C(=O)CC(N2CCN(C(=O)Cc3cccs3)CC2)C1=O. The smallest absolute Gasteiger partial charge is 0.246 e. The van der Waals surface area contributed by atoms with E-state index in [1.54, 1.807) is 11.3 Å². The van der Waals surface area contributed by atoms with Crippen molar-refractivity contribution in [3.05, 3.63) is 22.4 Å². The molecule has 1 aromatic rings. The molecule has 0 aliphatic carbocycles. The summed E-state index contributed by atoms with van der Waals surface area (Å²) in [6.07, 6.45) is 0.708. The Balaban J connectivity index is 1.53. The number of amides is 3. The van der Waals surface area contributed by atoms with Gasteiger partial charge in [-0.3, -0.25) is 24.2 Å². The van der Waals surface area contributed by atoms with Crippen LogP contribution in [-0.4, -0.2) is 71.7 Å². The highest BCUT2D eigenvalue weighted by Gasteiger charge is 2.40. The van der Waals surface area contributed by atoms with Gasteiger partial charge in [0.15, 0.2) is 0 Å². The minimum absolute atomic E-state index is 0.119. The number of imide groups is 1. The largest absolute Gasteiger partial charge is 0.340 e. The van der Waals surface area contributed by atoms with Crippen LogP contribution in [-0.2, 0) is 20.8 Å². The van der Waals surface area contributed by atoms with Crippen molar-refractivity contribution >= 4 is 29.1 Å². The molecule has 118 valence electrons. The maximum Gasteiger partial charge on any atom is 0.246 e. The fraction of sp³-hybridized carbons (Fsp3) is 0.533. The second-order valence-electron chi connectivity index (χ2n) is 5.68. The van der Waals surface area contributed by atoms with Crippen LogP contribution in [0.1, 0.15) is 11.3 Å². The van der Waals surface area contributed by atoms with Gasteiger partial charge >= 0.3 is 0 Å². The summed E-state index contributed by atoms with van der Waals surface area (Å²) in [5.74, 6) is -0.109. The first kappa shape index (κ1) is 15.2. The minimum atomic E-state index is -0.341. The Morgan fingerprint density at radius 2 is 2.00 bits per heavy atom. The number of piperazine rings is 1. The Morgan fingerprint density at radius 1 is 1.27 bits per heavy atom. The van der Waals surface area contributed by atoms with Crippen molar-refractivity contribution in [2.75, 3.05) is 33.2 Å². The molecule has 1 atom stereocenters. The van der Waals surface area contributed by atoms with E-state index in [1.165, 1.54) is 11.9 Å². The van der Waals surface area contributed by atoms with E-state index in [0.717, 1.165) is 4.88 Å². The van der Waals surface area contributed by atoms with Crippen LogP contribution in [0.15, 0.2) is 17.5 Å². The van der Waals surface area contributed by atoms with Crippen molar-refractivity contribution in [1.29, 1.82) is 0 Å². The Bertz CT molecular complexity index is 579. The van der Waals surface area contributed by atoms with Crippen LogP contribution in [0.4, 0.5) is 0 Å². The number of carbonyl (C=O) groups excluding carboxylic acids is 3. The summed E-state index contributed by atoms with van der Waals surface area (Å²) in [4.78, 5) is 42.0. The van der Waals surface area contributed by atoms with Gasteiger partial charge in [0.2, 0.25) is 17.7 Å². The molecule has 1 aromatic heterocycles. The second-order valence-corrected chi connectivity index (χ2v) is 6.72. The summed E-state index contributed by atoms with van der Waals surface area (Å²) in [7, 11) is 1.53. The topological polar surface area (TPSA) is 60.9 Å². The maximum atomic E-state index is 12.2. The average Bonchev–Trinajstić information content (AvgIpc) is 3.12. The molecular formula is C15H19N3O3S. The first-order valence-corrected chi connectivity index (χ1v) is 8.29. The van der Waals surface area contributed by atoms with Crippen molar-refractivity contribution in [2.45, 2.75) is 18.9 Å². The van der Waals surface area contributed by atoms with Crippen molar-refractivity contribution in [3.8, 4) is 0 Å². The van der Waals surface area contributed by atoms with Crippen LogP contribution in [0.2, 0.25) is 0 Å². The third kappa shape index (κ3) is 2.91. The van der Waals surface area contributed by atoms with Crippen LogP contribution in [0.3, 0.4) is 0 Å². The quantitative estimate of drug-likeness (QED) is 0.746. The van der Waals surface area contributed by atoms with E-state index >= 15 is 0 Å². The van der Waals surface area contributed by atoms with Gasteiger partial charge in [-0.05, 0) is 11.4 Å². The van der Waals surface area contributed by atoms with E-state index < -0.39 is 0 Å². The second kappa shape index (κ2) is 6.18. The van der Waals surface area contributed by atoms with Gasteiger partial charge in [0.25, 0.3) is 0 Å². The third-order valence-corrected chi connectivity index (χ3v) is 5.25. The number of rotatable bonds is 3. The van der Waals surface area contributed by atoms with E-state index in [-0.39, 0.29) is 30.2 Å². The first-order chi connectivity index (χ1) is 10.6. The Hall–Kier alpha value is -1.73. The molecule has 2 saturated heterocycles. The molecule has 0 N–H and O–H groups in total. The maximum absolute atomic E-state index is 12.2. The van der Waals surface area contributed by atoms with Crippen molar-refractivity contribution in [3.63, 3.8) is 0 Å². The minimum Gasteiger partial charge on any atom is -0.340 e. The summed E-state index contributed by atoms with van der Waals surface area (Å²) in [6.45, 7) is 2.53. The molecule has 6 nitrogen and oxygen atoms in total. The molecule has 2 aliphatic rings. The number of likely N-dealkylation sites (N-methyl/N-ethyl adjacent to an activating group) is 1.